The molecule has 2 aliphatic heterocycles. The summed E-state index contributed by atoms with van der Waals surface area (Å²) >= 11 is 0. The molecule has 0 aliphatic carbocycles. The highest BCUT2D eigenvalue weighted by Gasteiger charge is 2.54. The van der Waals surface area contributed by atoms with Crippen LogP contribution in [0.3, 0.4) is 0 Å². The first-order valence-corrected chi connectivity index (χ1v) is 13.1. The van der Waals surface area contributed by atoms with Crippen molar-refractivity contribution in [3.05, 3.63) is 30.3 Å². The smallest absolute Gasteiger partial charge is 0.266 e. The lowest BCUT2D eigenvalue weighted by Crippen LogP contribution is -2.60. The molecule has 0 radical (unpaired) electrons. The predicted octanol–water partition coefficient (Wildman–Crippen LogP) is 2.31. The van der Waals surface area contributed by atoms with E-state index in [0.717, 1.165) is 37.8 Å². The molecule has 2 aliphatic rings. The van der Waals surface area contributed by atoms with E-state index < -0.39 is 20.7 Å². The first-order chi connectivity index (χ1) is 15.8. The topological polar surface area (TPSA) is 116 Å². The average molecular weight is 482 g/mol. The van der Waals surface area contributed by atoms with Gasteiger partial charge in [-0.2, -0.15) is 0 Å². The van der Waals surface area contributed by atoms with Crippen molar-refractivity contribution >= 4 is 27.5 Å². The highest BCUT2D eigenvalue weighted by atomic mass is 32.2. The fourth-order valence-electron chi connectivity index (χ4n) is 4.76. The number of piperidine rings is 1. The summed E-state index contributed by atoms with van der Waals surface area (Å²) in [7, 11) is -2.13. The predicted molar refractivity (Wildman–Crippen MR) is 124 cm³/mol. The molecule has 33 heavy (non-hydrogen) atoms. The van der Waals surface area contributed by atoms with E-state index in [2.05, 4.69) is 0 Å². The summed E-state index contributed by atoms with van der Waals surface area (Å²) in [5.74, 6) is -0.389. The number of rotatable bonds is 9. The molecule has 0 bridgehead atoms. The van der Waals surface area contributed by atoms with Crippen LogP contribution in [0.25, 0.3) is 0 Å². The number of para-hydroxylation sites is 1. The van der Waals surface area contributed by atoms with Crippen LogP contribution in [0.1, 0.15) is 51.4 Å². The van der Waals surface area contributed by atoms with Crippen molar-refractivity contribution in [2.45, 2.75) is 56.1 Å². The summed E-state index contributed by atoms with van der Waals surface area (Å²) in [6, 6.07) is 9.56. The minimum Gasteiger partial charge on any atom is -0.381 e. The number of hydrogen-bond donors (Lipinski definition) is 2. The van der Waals surface area contributed by atoms with Crippen LogP contribution in [0.5, 0.6) is 0 Å². The molecule has 2 amide bonds. The maximum atomic E-state index is 13.3. The number of nitrogens with one attached hydrogen (secondary N) is 1. The molecule has 184 valence electrons. The molecule has 0 saturated carbocycles. The van der Waals surface area contributed by atoms with Gasteiger partial charge in [0.15, 0.2) is 4.75 Å². The van der Waals surface area contributed by atoms with Gasteiger partial charge in [-0.3, -0.25) is 14.8 Å². The van der Waals surface area contributed by atoms with Gasteiger partial charge < -0.3 is 9.64 Å². The summed E-state index contributed by atoms with van der Waals surface area (Å²) in [4.78, 5) is 26.4. The van der Waals surface area contributed by atoms with Crippen LogP contribution in [0.15, 0.2) is 30.3 Å². The molecule has 9 nitrogen and oxygen atoms in total. The molecule has 0 unspecified atom stereocenters. The highest BCUT2D eigenvalue weighted by Crippen LogP contribution is 2.35. The summed E-state index contributed by atoms with van der Waals surface area (Å²) in [5.41, 5.74) is 2.44. The Morgan fingerprint density at radius 3 is 2.39 bits per heavy atom. The zero-order valence-corrected chi connectivity index (χ0v) is 20.1. The number of hydrogen-bond acceptors (Lipinski definition) is 6. The van der Waals surface area contributed by atoms with Gasteiger partial charge in [-0.15, -0.1) is 0 Å². The lowest BCUT2D eigenvalue weighted by molar-refractivity contribution is -0.134. The first-order valence-electron chi connectivity index (χ1n) is 11.7. The Morgan fingerprint density at radius 2 is 1.79 bits per heavy atom. The molecule has 3 rings (SSSR count). The van der Waals surface area contributed by atoms with Crippen molar-refractivity contribution in [2.75, 3.05) is 38.3 Å². The van der Waals surface area contributed by atoms with Crippen molar-refractivity contribution in [1.29, 1.82) is 0 Å². The number of carbonyl (C=O) groups excluding carboxylic acids is 2. The molecule has 0 atom stereocenters. The van der Waals surface area contributed by atoms with E-state index in [-0.39, 0.29) is 32.0 Å². The Hall–Kier alpha value is -2.01. The maximum absolute atomic E-state index is 13.3. The summed E-state index contributed by atoms with van der Waals surface area (Å²) < 4.78 is 31.7. The number of nitrogens with zero attached hydrogens (tertiary/aromatic N) is 2. The molecule has 2 N–H and O–H groups in total. The van der Waals surface area contributed by atoms with Crippen LogP contribution in [0.4, 0.5) is 5.69 Å². The normalized spacial score (nSPS) is 19.7. The number of unbranched alkanes of at least 4 members (excludes halogenated alkanes) is 1. The largest absolute Gasteiger partial charge is 0.381 e. The van der Waals surface area contributed by atoms with E-state index in [9.17, 15) is 18.0 Å². The molecule has 10 heteroatoms. The third-order valence-electron chi connectivity index (χ3n) is 6.99. The third-order valence-corrected chi connectivity index (χ3v) is 9.62. The number of sulfonamides is 1. The van der Waals surface area contributed by atoms with Gasteiger partial charge in [0.1, 0.15) is 0 Å². The van der Waals surface area contributed by atoms with Gasteiger partial charge in [-0.25, -0.2) is 18.2 Å². The SMILES string of the molecule is CN(C(=O)CCCCC1CCN(S(=O)(=O)C2(C(=O)NO)CCOCC2)CC1)c1ccccc1. The molecular formula is C23H35N3O6S. The van der Waals surface area contributed by atoms with Crippen molar-refractivity contribution in [3.63, 3.8) is 0 Å². The van der Waals surface area contributed by atoms with Gasteiger partial charge in [-0.05, 0) is 37.3 Å². The standard InChI is InChI=1S/C23H35N3O6S/c1-25(20-8-3-2-4-9-20)21(27)10-6-5-7-19-11-15-26(16-12-19)33(30,31)23(22(28)24-29)13-17-32-18-14-23/h2-4,8-9,19,29H,5-7,10-18H2,1H3,(H,24,28). The fraction of sp³-hybridized carbons (Fsp3) is 0.652. The van der Waals surface area contributed by atoms with Crippen LogP contribution in [0.2, 0.25) is 0 Å². The molecule has 2 heterocycles. The number of anilines is 1. The van der Waals surface area contributed by atoms with Crippen LogP contribution in [0, 0.1) is 5.92 Å². The van der Waals surface area contributed by atoms with Gasteiger partial charge in [0.05, 0.1) is 0 Å². The first kappa shape index (κ1) is 25.6. The third kappa shape index (κ3) is 5.74. The molecule has 0 spiro atoms. The van der Waals surface area contributed by atoms with Gasteiger partial charge in [-0.1, -0.05) is 31.0 Å². The van der Waals surface area contributed by atoms with Crippen LogP contribution in [-0.4, -0.2) is 67.8 Å². The van der Waals surface area contributed by atoms with Gasteiger partial charge in [0.25, 0.3) is 5.91 Å². The molecule has 0 aromatic heterocycles. The zero-order chi connectivity index (χ0) is 23.9. The quantitative estimate of drug-likeness (QED) is 0.318. The number of benzene rings is 1. The van der Waals surface area contributed by atoms with E-state index >= 15 is 0 Å². The van der Waals surface area contributed by atoms with Gasteiger partial charge in [0, 0.05) is 58.3 Å². The average Bonchev–Trinajstić information content (AvgIpc) is 2.86. The minimum atomic E-state index is -3.92. The highest BCUT2D eigenvalue weighted by molar-refractivity contribution is 7.91. The van der Waals surface area contributed by atoms with E-state index in [1.807, 2.05) is 30.3 Å². The second kappa shape index (κ2) is 11.4. The monoisotopic (exact) mass is 481 g/mol. The van der Waals surface area contributed by atoms with E-state index in [1.54, 1.807) is 17.4 Å². The van der Waals surface area contributed by atoms with E-state index in [1.165, 1.54) is 4.31 Å². The van der Waals surface area contributed by atoms with E-state index in [0.29, 0.717) is 25.4 Å². The lowest BCUT2D eigenvalue weighted by atomic mass is 9.92. The van der Waals surface area contributed by atoms with Gasteiger partial charge in [0.2, 0.25) is 15.9 Å². The second-order valence-electron chi connectivity index (χ2n) is 8.93. The van der Waals surface area contributed by atoms with Crippen LogP contribution < -0.4 is 10.4 Å². The Morgan fingerprint density at radius 1 is 1.15 bits per heavy atom. The Labute approximate surface area is 196 Å². The van der Waals surface area contributed by atoms with Crippen molar-refractivity contribution in [1.82, 2.24) is 9.79 Å². The Balaban J connectivity index is 1.45. The van der Waals surface area contributed by atoms with E-state index in [4.69, 9.17) is 9.94 Å². The number of ether oxygens (including phenoxy) is 1. The van der Waals surface area contributed by atoms with Gasteiger partial charge >= 0.3 is 0 Å². The Bertz CT molecular complexity index is 894. The molecule has 2 saturated heterocycles. The fourth-order valence-corrected chi connectivity index (χ4v) is 6.91. The van der Waals surface area contributed by atoms with Crippen LogP contribution >= 0.6 is 0 Å². The zero-order valence-electron chi connectivity index (χ0n) is 19.2. The van der Waals surface area contributed by atoms with Crippen molar-refractivity contribution in [2.24, 2.45) is 5.92 Å². The van der Waals surface area contributed by atoms with Crippen LogP contribution in [-0.2, 0) is 24.3 Å². The maximum Gasteiger partial charge on any atom is 0.266 e. The van der Waals surface area contributed by atoms with Crippen molar-refractivity contribution in [3.8, 4) is 0 Å². The second-order valence-corrected chi connectivity index (χ2v) is 11.2. The molecular weight excluding hydrogens is 446 g/mol. The molecule has 1 aromatic carbocycles. The molecule has 2 fully saturated rings. The summed E-state index contributed by atoms with van der Waals surface area (Å²) in [5, 5.41) is 9.16. The number of hydroxylamine groups is 1. The minimum absolute atomic E-state index is 0.0348. The number of amides is 2. The summed E-state index contributed by atoms with van der Waals surface area (Å²) in [6.07, 6.45) is 4.68. The lowest BCUT2D eigenvalue weighted by Gasteiger charge is -2.40. The Kier molecular flexibility index (Phi) is 8.86. The molecule has 1 aromatic rings. The van der Waals surface area contributed by atoms with Crippen molar-refractivity contribution < 1.29 is 28.0 Å². The summed E-state index contributed by atoms with van der Waals surface area (Å²) in [6.45, 7) is 1.07. The number of carbonyl (C=O) groups is 2.